The molecule has 2 rings (SSSR count). The molecule has 2 aromatic rings. The predicted octanol–water partition coefficient (Wildman–Crippen LogP) is 3.24. The lowest BCUT2D eigenvalue weighted by Gasteiger charge is -2.35. The molecule has 8 heteroatoms. The summed E-state index contributed by atoms with van der Waals surface area (Å²) < 4.78 is 18.0. The highest BCUT2D eigenvalue weighted by atomic mass is 32.1. The van der Waals surface area contributed by atoms with Crippen molar-refractivity contribution in [2.75, 3.05) is 18.5 Å². The summed E-state index contributed by atoms with van der Waals surface area (Å²) in [6, 6.07) is 8.98. The number of hydrogen-bond donors (Lipinski definition) is 1. The van der Waals surface area contributed by atoms with Crippen LogP contribution >= 0.6 is 11.3 Å². The minimum atomic E-state index is -0.655. The average Bonchev–Trinajstić information content (AvgIpc) is 3.11. The summed E-state index contributed by atoms with van der Waals surface area (Å²) in [6.45, 7) is 4.68. The molecule has 0 atom stereocenters. The molecule has 1 aromatic carbocycles. The Morgan fingerprint density at radius 3 is 2.39 bits per heavy atom. The SMILES string of the molecule is CC(C)(C)N(CC(=O)Nc1ccc(F)cc1)C(=O)COC(=O)Cc1cccs1. The number of amides is 2. The second-order valence-corrected chi connectivity index (χ2v) is 8.15. The van der Waals surface area contributed by atoms with Crippen LogP contribution in [0.4, 0.5) is 10.1 Å². The fourth-order valence-corrected chi connectivity index (χ4v) is 3.09. The van der Waals surface area contributed by atoms with Crippen LogP contribution in [-0.2, 0) is 25.5 Å². The van der Waals surface area contributed by atoms with Crippen molar-refractivity contribution in [3.05, 3.63) is 52.5 Å². The molecule has 6 nitrogen and oxygen atoms in total. The van der Waals surface area contributed by atoms with E-state index in [1.165, 1.54) is 40.5 Å². The van der Waals surface area contributed by atoms with Crippen LogP contribution in [0.1, 0.15) is 25.6 Å². The number of anilines is 1. The molecule has 0 spiro atoms. The molecule has 1 aromatic heterocycles. The summed E-state index contributed by atoms with van der Waals surface area (Å²) in [7, 11) is 0. The van der Waals surface area contributed by atoms with E-state index in [9.17, 15) is 18.8 Å². The van der Waals surface area contributed by atoms with Crippen molar-refractivity contribution in [2.45, 2.75) is 32.7 Å². The number of hydrogen-bond acceptors (Lipinski definition) is 5. The van der Waals surface area contributed by atoms with Gasteiger partial charge in [-0.3, -0.25) is 14.4 Å². The van der Waals surface area contributed by atoms with E-state index in [-0.39, 0.29) is 13.0 Å². The van der Waals surface area contributed by atoms with Crippen LogP contribution < -0.4 is 5.32 Å². The van der Waals surface area contributed by atoms with Crippen LogP contribution in [0.5, 0.6) is 0 Å². The molecule has 0 fully saturated rings. The molecule has 28 heavy (non-hydrogen) atoms. The van der Waals surface area contributed by atoms with E-state index >= 15 is 0 Å². The zero-order valence-electron chi connectivity index (χ0n) is 16.0. The number of esters is 1. The first kappa shape index (κ1) is 21.6. The Bertz CT molecular complexity index is 814. The van der Waals surface area contributed by atoms with Crippen molar-refractivity contribution < 1.29 is 23.5 Å². The van der Waals surface area contributed by atoms with Crippen LogP contribution in [0, 0.1) is 5.82 Å². The molecule has 0 bridgehead atoms. The molecule has 1 N–H and O–H groups in total. The van der Waals surface area contributed by atoms with Gasteiger partial charge in [-0.1, -0.05) is 6.07 Å². The molecule has 0 saturated carbocycles. The normalized spacial score (nSPS) is 11.0. The van der Waals surface area contributed by atoms with Crippen molar-refractivity contribution in [3.8, 4) is 0 Å². The number of carbonyl (C=O) groups excluding carboxylic acids is 3. The number of ether oxygens (including phenoxy) is 1. The van der Waals surface area contributed by atoms with Crippen LogP contribution in [0.2, 0.25) is 0 Å². The lowest BCUT2D eigenvalue weighted by atomic mass is 10.1. The second kappa shape index (κ2) is 9.45. The molecule has 0 aliphatic rings. The number of nitrogens with one attached hydrogen (secondary N) is 1. The maximum absolute atomic E-state index is 13.0. The van der Waals surface area contributed by atoms with Crippen LogP contribution in [0.3, 0.4) is 0 Å². The lowest BCUT2D eigenvalue weighted by Crippen LogP contribution is -2.50. The third kappa shape index (κ3) is 6.77. The number of halogens is 1. The van der Waals surface area contributed by atoms with E-state index in [0.717, 1.165) is 4.88 Å². The largest absolute Gasteiger partial charge is 0.455 e. The van der Waals surface area contributed by atoms with Crippen molar-refractivity contribution in [3.63, 3.8) is 0 Å². The quantitative estimate of drug-likeness (QED) is 0.717. The third-order valence-corrected chi connectivity index (χ3v) is 4.67. The van der Waals surface area contributed by atoms with Gasteiger partial charge in [0.15, 0.2) is 6.61 Å². The Hall–Kier alpha value is -2.74. The summed E-state index contributed by atoms with van der Waals surface area (Å²) in [5.74, 6) is -1.81. The Morgan fingerprint density at radius 2 is 1.82 bits per heavy atom. The Kier molecular flexibility index (Phi) is 7.28. The molecule has 2 amide bonds. The van der Waals surface area contributed by atoms with Gasteiger partial charge in [-0.15, -0.1) is 11.3 Å². The minimum absolute atomic E-state index is 0.103. The molecule has 1 heterocycles. The van der Waals surface area contributed by atoms with Crippen LogP contribution in [0.25, 0.3) is 0 Å². The zero-order valence-corrected chi connectivity index (χ0v) is 16.8. The Labute approximate surface area is 167 Å². The lowest BCUT2D eigenvalue weighted by molar-refractivity contribution is -0.154. The van der Waals surface area contributed by atoms with Gasteiger partial charge in [-0.05, 0) is 56.5 Å². The van der Waals surface area contributed by atoms with Crippen LogP contribution in [0.15, 0.2) is 41.8 Å². The first-order valence-corrected chi connectivity index (χ1v) is 9.57. The molecular weight excluding hydrogens is 383 g/mol. The van der Waals surface area contributed by atoms with Gasteiger partial charge in [0, 0.05) is 16.1 Å². The zero-order chi connectivity index (χ0) is 20.7. The molecular formula is C20H23FN2O4S. The summed E-state index contributed by atoms with van der Waals surface area (Å²) in [6.07, 6.45) is 0.103. The number of carbonyl (C=O) groups is 3. The molecule has 150 valence electrons. The van der Waals surface area contributed by atoms with Gasteiger partial charge in [-0.2, -0.15) is 0 Å². The second-order valence-electron chi connectivity index (χ2n) is 7.12. The summed E-state index contributed by atoms with van der Waals surface area (Å²) in [4.78, 5) is 38.9. The predicted molar refractivity (Wildman–Crippen MR) is 105 cm³/mol. The van der Waals surface area contributed by atoms with Gasteiger partial charge in [0.05, 0.1) is 6.42 Å². The molecule has 0 aliphatic heterocycles. The monoisotopic (exact) mass is 406 g/mol. The van der Waals surface area contributed by atoms with E-state index in [1.54, 1.807) is 20.8 Å². The van der Waals surface area contributed by atoms with Gasteiger partial charge < -0.3 is 15.0 Å². The average molecular weight is 406 g/mol. The van der Waals surface area contributed by atoms with Crippen LogP contribution in [-0.4, -0.2) is 41.4 Å². The highest BCUT2D eigenvalue weighted by Crippen LogP contribution is 2.15. The first-order chi connectivity index (χ1) is 13.1. The van der Waals surface area contributed by atoms with E-state index in [2.05, 4.69) is 5.32 Å². The van der Waals surface area contributed by atoms with Crippen molar-refractivity contribution in [2.24, 2.45) is 0 Å². The van der Waals surface area contributed by atoms with Gasteiger partial charge >= 0.3 is 5.97 Å². The summed E-state index contributed by atoms with van der Waals surface area (Å²) in [5.41, 5.74) is -0.229. The van der Waals surface area contributed by atoms with Gasteiger partial charge in [0.2, 0.25) is 5.91 Å². The summed E-state index contributed by atoms with van der Waals surface area (Å²) >= 11 is 1.43. The maximum atomic E-state index is 13.0. The minimum Gasteiger partial charge on any atom is -0.455 e. The Balaban J connectivity index is 1.92. The van der Waals surface area contributed by atoms with E-state index in [4.69, 9.17) is 4.74 Å². The highest BCUT2D eigenvalue weighted by Gasteiger charge is 2.29. The topological polar surface area (TPSA) is 75.7 Å². The number of rotatable bonds is 7. The Morgan fingerprint density at radius 1 is 1.14 bits per heavy atom. The van der Waals surface area contributed by atoms with Crippen molar-refractivity contribution in [1.29, 1.82) is 0 Å². The first-order valence-electron chi connectivity index (χ1n) is 8.69. The van der Waals surface area contributed by atoms with Crippen molar-refractivity contribution >= 4 is 34.8 Å². The number of nitrogens with zero attached hydrogens (tertiary/aromatic N) is 1. The van der Waals surface area contributed by atoms with Gasteiger partial charge in [-0.25, -0.2) is 4.39 Å². The fraction of sp³-hybridized carbons (Fsp3) is 0.350. The summed E-state index contributed by atoms with van der Waals surface area (Å²) in [5, 5.41) is 4.47. The molecule has 0 radical (unpaired) electrons. The fourth-order valence-electron chi connectivity index (χ4n) is 2.40. The van der Waals surface area contributed by atoms with E-state index in [1.807, 2.05) is 17.5 Å². The molecule has 0 aliphatic carbocycles. The van der Waals surface area contributed by atoms with E-state index in [0.29, 0.717) is 5.69 Å². The maximum Gasteiger partial charge on any atom is 0.311 e. The highest BCUT2D eigenvalue weighted by molar-refractivity contribution is 7.10. The van der Waals surface area contributed by atoms with Crippen molar-refractivity contribution in [1.82, 2.24) is 4.90 Å². The van der Waals surface area contributed by atoms with Gasteiger partial charge in [0.1, 0.15) is 12.4 Å². The molecule has 0 saturated heterocycles. The smallest absolute Gasteiger partial charge is 0.311 e. The third-order valence-electron chi connectivity index (χ3n) is 3.80. The number of benzene rings is 1. The number of thiophene rings is 1. The molecule has 0 unspecified atom stereocenters. The van der Waals surface area contributed by atoms with Gasteiger partial charge in [0.25, 0.3) is 5.91 Å². The van der Waals surface area contributed by atoms with E-state index < -0.39 is 35.7 Å². The standard InChI is InChI=1S/C20H23FN2O4S/c1-20(2,3)23(12-17(24)22-15-8-6-14(21)7-9-15)18(25)13-27-19(26)11-16-5-4-10-28-16/h4-10H,11-13H2,1-3H3,(H,22,24).